The fraction of sp³-hybridized carbons (Fsp3) is 0.310. The molecule has 5 rings (SSSR count). The van der Waals surface area contributed by atoms with Gasteiger partial charge in [0, 0.05) is 44.8 Å². The number of carbonyl (C=O) groups excluding carboxylic acids is 1. The molecule has 1 aliphatic rings. The Hall–Kier alpha value is -2.82. The van der Waals surface area contributed by atoms with Crippen LogP contribution in [-0.4, -0.2) is 69.9 Å². The van der Waals surface area contributed by atoms with E-state index in [1.54, 1.807) is 23.1 Å². The number of benzene rings is 3. The van der Waals surface area contributed by atoms with Gasteiger partial charge in [-0.2, -0.15) is 0 Å². The van der Waals surface area contributed by atoms with Gasteiger partial charge >= 0.3 is 0 Å². The van der Waals surface area contributed by atoms with Crippen LogP contribution in [-0.2, 0) is 19.4 Å². The second-order valence-corrected chi connectivity index (χ2v) is 12.5. The molecule has 10 heteroatoms. The van der Waals surface area contributed by atoms with Crippen molar-refractivity contribution in [2.75, 3.05) is 50.5 Å². The Bertz CT molecular complexity index is 1450. The molecular weight excluding hydrogens is 554 g/mol. The molecule has 1 aromatic heterocycles. The van der Waals surface area contributed by atoms with Crippen molar-refractivity contribution in [3.8, 4) is 0 Å². The lowest BCUT2D eigenvalue weighted by Crippen LogP contribution is -2.43. The first-order valence-corrected chi connectivity index (χ1v) is 15.4. The third-order valence-electron chi connectivity index (χ3n) is 6.83. The van der Waals surface area contributed by atoms with Crippen molar-refractivity contribution in [2.45, 2.75) is 17.2 Å². The Morgan fingerprint density at radius 1 is 1.00 bits per heavy atom. The smallest absolute Gasteiger partial charge is 0.229 e. The highest BCUT2D eigenvalue weighted by atomic mass is 35.5. The van der Waals surface area contributed by atoms with Gasteiger partial charge in [-0.05, 0) is 29.3 Å². The quantitative estimate of drug-likeness (QED) is 0.275. The zero-order valence-corrected chi connectivity index (χ0v) is 24.2. The highest BCUT2D eigenvalue weighted by molar-refractivity contribution is 7.90. The number of anilines is 1. The van der Waals surface area contributed by atoms with Gasteiger partial charge in [0.15, 0.2) is 15.0 Å². The number of amides is 1. The maximum Gasteiger partial charge on any atom is 0.229 e. The number of carbonyl (C=O) groups is 1. The molecule has 206 valence electrons. The number of hydrogen-bond donors (Lipinski definition) is 0. The molecular formula is C29H32ClN3O4S2. The van der Waals surface area contributed by atoms with Gasteiger partial charge in [0.25, 0.3) is 0 Å². The van der Waals surface area contributed by atoms with Crippen LogP contribution < -0.4 is 4.90 Å². The summed E-state index contributed by atoms with van der Waals surface area (Å²) < 4.78 is 30.4. The molecule has 0 radical (unpaired) electrons. The number of sulfone groups is 1. The van der Waals surface area contributed by atoms with Gasteiger partial charge in [0.1, 0.15) is 0 Å². The molecule has 2 heterocycles. The Labute approximate surface area is 239 Å². The topological polar surface area (TPSA) is 79.8 Å². The average molecular weight is 586 g/mol. The van der Waals surface area contributed by atoms with Crippen molar-refractivity contribution < 1.29 is 17.9 Å². The summed E-state index contributed by atoms with van der Waals surface area (Å²) in [5.41, 5.74) is 2.86. The van der Waals surface area contributed by atoms with Gasteiger partial charge in [-0.3, -0.25) is 14.6 Å². The molecule has 0 N–H and O–H groups in total. The molecule has 1 aliphatic heterocycles. The molecule has 0 bridgehead atoms. The Balaban J connectivity index is 0.00000353. The van der Waals surface area contributed by atoms with Crippen molar-refractivity contribution in [1.29, 1.82) is 0 Å². The van der Waals surface area contributed by atoms with Gasteiger partial charge in [0.05, 0.1) is 28.3 Å². The number of fused-ring (bicyclic) bond motifs is 1. The fourth-order valence-corrected chi connectivity index (χ4v) is 6.49. The molecule has 39 heavy (non-hydrogen) atoms. The van der Waals surface area contributed by atoms with Crippen LogP contribution in [0.25, 0.3) is 10.2 Å². The van der Waals surface area contributed by atoms with E-state index in [0.29, 0.717) is 43.4 Å². The summed E-state index contributed by atoms with van der Waals surface area (Å²) in [5, 5.41) is 0.587. The first kappa shape index (κ1) is 29.2. The second kappa shape index (κ2) is 13.0. The van der Waals surface area contributed by atoms with E-state index in [2.05, 4.69) is 29.2 Å². The van der Waals surface area contributed by atoms with Crippen LogP contribution in [0.5, 0.6) is 0 Å². The summed E-state index contributed by atoms with van der Waals surface area (Å²) in [5.74, 6) is -0.111. The van der Waals surface area contributed by atoms with Gasteiger partial charge in [-0.1, -0.05) is 72.0 Å². The van der Waals surface area contributed by atoms with E-state index in [9.17, 15) is 13.2 Å². The van der Waals surface area contributed by atoms with Crippen LogP contribution >= 0.6 is 23.7 Å². The molecule has 0 spiro atoms. The van der Waals surface area contributed by atoms with Crippen molar-refractivity contribution in [3.63, 3.8) is 0 Å². The van der Waals surface area contributed by atoms with E-state index in [-0.39, 0.29) is 29.1 Å². The van der Waals surface area contributed by atoms with Crippen LogP contribution in [0.2, 0.25) is 0 Å². The van der Waals surface area contributed by atoms with Crippen LogP contribution in [0.15, 0.2) is 83.8 Å². The summed E-state index contributed by atoms with van der Waals surface area (Å²) in [6.07, 6.45) is 1.49. The number of ether oxygens (including phenoxy) is 1. The Kier molecular flexibility index (Phi) is 9.74. The average Bonchev–Trinajstić information content (AvgIpc) is 3.36. The molecule has 3 aromatic carbocycles. The predicted octanol–water partition coefficient (Wildman–Crippen LogP) is 5.01. The van der Waals surface area contributed by atoms with E-state index in [0.717, 1.165) is 28.9 Å². The molecule has 1 amide bonds. The maximum atomic E-state index is 14.0. The minimum absolute atomic E-state index is 0. The van der Waals surface area contributed by atoms with Gasteiger partial charge in [-0.25, -0.2) is 13.4 Å². The minimum Gasteiger partial charge on any atom is -0.379 e. The highest BCUT2D eigenvalue weighted by Gasteiger charge is 2.26. The third kappa shape index (κ3) is 7.23. The highest BCUT2D eigenvalue weighted by Crippen LogP contribution is 2.33. The number of nitrogens with zero attached hydrogens (tertiary/aromatic N) is 3. The van der Waals surface area contributed by atoms with Crippen LogP contribution in [0.1, 0.15) is 23.5 Å². The van der Waals surface area contributed by atoms with Crippen LogP contribution in [0.3, 0.4) is 0 Å². The normalized spacial score (nSPS) is 14.3. The van der Waals surface area contributed by atoms with Crippen molar-refractivity contribution >= 4 is 54.8 Å². The third-order valence-corrected chi connectivity index (χ3v) is 8.99. The van der Waals surface area contributed by atoms with E-state index in [4.69, 9.17) is 9.72 Å². The number of rotatable bonds is 9. The molecule has 1 saturated heterocycles. The van der Waals surface area contributed by atoms with Crippen LogP contribution in [0.4, 0.5) is 5.13 Å². The standard InChI is InChI=1S/C29H31N3O4S2.ClH/c1-38(34,35)24-12-13-26-27(20-24)37-29(30-26)32(15-14-31-16-18-36-19-17-31)28(33)21-25(22-8-4-2-5-9-22)23-10-6-3-7-11-23;/h2-13,20,25H,14-19,21H2,1H3;1H. The van der Waals surface area contributed by atoms with Crippen LogP contribution in [0, 0.1) is 0 Å². The number of halogens is 1. The van der Waals surface area contributed by atoms with E-state index in [1.807, 2.05) is 36.4 Å². The lowest BCUT2D eigenvalue weighted by molar-refractivity contribution is -0.118. The summed E-state index contributed by atoms with van der Waals surface area (Å²) in [4.78, 5) is 23.1. The lowest BCUT2D eigenvalue weighted by Gasteiger charge is -2.30. The number of hydrogen-bond acceptors (Lipinski definition) is 7. The lowest BCUT2D eigenvalue weighted by atomic mass is 9.88. The SMILES string of the molecule is CS(=O)(=O)c1ccc2nc(N(CCN3CCOCC3)C(=O)CC(c3ccccc3)c3ccccc3)sc2c1.Cl. The Morgan fingerprint density at radius 3 is 2.21 bits per heavy atom. The van der Waals surface area contributed by atoms with E-state index >= 15 is 0 Å². The predicted molar refractivity (Wildman–Crippen MR) is 159 cm³/mol. The first-order chi connectivity index (χ1) is 18.4. The van der Waals surface area contributed by atoms with E-state index in [1.165, 1.54) is 17.6 Å². The largest absolute Gasteiger partial charge is 0.379 e. The molecule has 4 aromatic rings. The number of thiazole rings is 1. The molecule has 0 aliphatic carbocycles. The number of aromatic nitrogens is 1. The molecule has 1 fully saturated rings. The summed E-state index contributed by atoms with van der Waals surface area (Å²) >= 11 is 1.36. The van der Waals surface area contributed by atoms with Gasteiger partial charge < -0.3 is 4.74 Å². The zero-order valence-electron chi connectivity index (χ0n) is 21.7. The summed E-state index contributed by atoms with van der Waals surface area (Å²) in [7, 11) is -3.34. The fourth-order valence-electron chi connectivity index (χ4n) is 4.72. The summed E-state index contributed by atoms with van der Waals surface area (Å²) in [6, 6.07) is 25.1. The first-order valence-electron chi connectivity index (χ1n) is 12.7. The molecule has 0 unspecified atom stereocenters. The van der Waals surface area contributed by atoms with Crippen molar-refractivity contribution in [1.82, 2.24) is 9.88 Å². The monoisotopic (exact) mass is 585 g/mol. The Morgan fingerprint density at radius 2 is 1.62 bits per heavy atom. The van der Waals surface area contributed by atoms with Crippen molar-refractivity contribution in [2.24, 2.45) is 0 Å². The number of morpholine rings is 1. The zero-order chi connectivity index (χ0) is 26.5. The molecule has 0 atom stereocenters. The summed E-state index contributed by atoms with van der Waals surface area (Å²) in [6.45, 7) is 4.24. The second-order valence-electron chi connectivity index (χ2n) is 9.48. The molecule has 0 saturated carbocycles. The molecule has 7 nitrogen and oxygen atoms in total. The van der Waals surface area contributed by atoms with Gasteiger partial charge in [-0.15, -0.1) is 12.4 Å². The van der Waals surface area contributed by atoms with E-state index < -0.39 is 9.84 Å². The van der Waals surface area contributed by atoms with Gasteiger partial charge in [0.2, 0.25) is 5.91 Å². The minimum atomic E-state index is -3.34. The maximum absolute atomic E-state index is 14.0. The van der Waals surface area contributed by atoms with Crippen molar-refractivity contribution in [3.05, 3.63) is 90.0 Å².